The lowest BCUT2D eigenvalue weighted by atomic mass is 10.1. The number of halogens is 2. The average molecular weight is 374 g/mol. The average Bonchev–Trinajstić information content (AvgIpc) is 2.68. The van der Waals surface area contributed by atoms with E-state index >= 15 is 0 Å². The Bertz CT molecular complexity index is 820. The lowest BCUT2D eigenvalue weighted by Crippen LogP contribution is -2.36. The summed E-state index contributed by atoms with van der Waals surface area (Å²) < 4.78 is 29.5. The molecule has 2 aromatic carbocycles. The summed E-state index contributed by atoms with van der Waals surface area (Å²) in [5.74, 6) is -0.988. The third kappa shape index (κ3) is 4.61. The number of para-hydroxylation sites is 2. The molecule has 0 spiro atoms. The second-order valence-electron chi connectivity index (χ2n) is 6.23. The molecule has 0 bridgehead atoms. The van der Waals surface area contributed by atoms with Gasteiger partial charge in [0.2, 0.25) is 0 Å². The van der Waals surface area contributed by atoms with Crippen LogP contribution < -0.4 is 10.1 Å². The number of likely N-dealkylation sites (tertiary alicyclic amines) is 1. The van der Waals surface area contributed by atoms with Crippen molar-refractivity contribution in [2.24, 2.45) is 0 Å². The van der Waals surface area contributed by atoms with Gasteiger partial charge in [0.25, 0.3) is 11.8 Å². The molecular formula is C20H20F2N2O3. The molecule has 1 N–H and O–H groups in total. The molecule has 27 heavy (non-hydrogen) atoms. The SMILES string of the molecule is O=C(Nc1ccccc1C(=O)N1CCCCC1)c1ccccc1OC(F)F. The Morgan fingerprint density at radius 1 is 0.926 bits per heavy atom. The fourth-order valence-corrected chi connectivity index (χ4v) is 3.09. The van der Waals surface area contributed by atoms with Crippen LogP contribution in [0.2, 0.25) is 0 Å². The van der Waals surface area contributed by atoms with E-state index in [0.29, 0.717) is 24.3 Å². The predicted octanol–water partition coefficient (Wildman–Crippen LogP) is 4.17. The van der Waals surface area contributed by atoms with Crippen LogP contribution in [0, 0.1) is 0 Å². The number of benzene rings is 2. The van der Waals surface area contributed by atoms with Crippen molar-refractivity contribution in [2.45, 2.75) is 25.9 Å². The Labute approximate surface area is 155 Å². The maximum atomic E-state index is 12.8. The van der Waals surface area contributed by atoms with Crippen LogP contribution in [0.1, 0.15) is 40.0 Å². The molecule has 1 aliphatic heterocycles. The van der Waals surface area contributed by atoms with Gasteiger partial charge < -0.3 is 15.0 Å². The molecule has 0 atom stereocenters. The first-order chi connectivity index (χ1) is 13.1. The number of carbonyl (C=O) groups excluding carboxylic acids is 2. The molecule has 0 unspecified atom stereocenters. The van der Waals surface area contributed by atoms with Crippen LogP contribution in [0.15, 0.2) is 48.5 Å². The summed E-state index contributed by atoms with van der Waals surface area (Å²) >= 11 is 0. The van der Waals surface area contributed by atoms with Gasteiger partial charge in [-0.3, -0.25) is 9.59 Å². The predicted molar refractivity (Wildman–Crippen MR) is 97.2 cm³/mol. The highest BCUT2D eigenvalue weighted by atomic mass is 19.3. The van der Waals surface area contributed by atoms with Gasteiger partial charge in [-0.25, -0.2) is 0 Å². The molecule has 0 saturated carbocycles. The normalized spacial score (nSPS) is 14.1. The van der Waals surface area contributed by atoms with Crippen LogP contribution in [0.5, 0.6) is 5.75 Å². The minimum atomic E-state index is -3.04. The number of alkyl halides is 2. The molecule has 1 saturated heterocycles. The molecule has 1 heterocycles. The van der Waals surface area contributed by atoms with Crippen molar-refractivity contribution >= 4 is 17.5 Å². The Morgan fingerprint density at radius 3 is 2.26 bits per heavy atom. The number of rotatable bonds is 5. The lowest BCUT2D eigenvalue weighted by Gasteiger charge is -2.27. The molecule has 7 heteroatoms. The first kappa shape index (κ1) is 18.8. The largest absolute Gasteiger partial charge is 0.434 e. The number of ether oxygens (including phenoxy) is 1. The highest BCUT2D eigenvalue weighted by Crippen LogP contribution is 2.24. The van der Waals surface area contributed by atoms with Gasteiger partial charge in [0, 0.05) is 13.1 Å². The quantitative estimate of drug-likeness (QED) is 0.855. The highest BCUT2D eigenvalue weighted by molar-refractivity contribution is 6.10. The van der Waals surface area contributed by atoms with Crippen LogP contribution in [-0.4, -0.2) is 36.4 Å². The molecule has 5 nitrogen and oxygen atoms in total. The molecule has 142 valence electrons. The number of piperidine rings is 1. The van der Waals surface area contributed by atoms with E-state index < -0.39 is 12.5 Å². The highest BCUT2D eigenvalue weighted by Gasteiger charge is 2.22. The van der Waals surface area contributed by atoms with Gasteiger partial charge in [-0.1, -0.05) is 24.3 Å². The summed E-state index contributed by atoms with van der Waals surface area (Å²) in [4.78, 5) is 27.2. The van der Waals surface area contributed by atoms with E-state index in [-0.39, 0.29) is 17.2 Å². The molecular weight excluding hydrogens is 354 g/mol. The van der Waals surface area contributed by atoms with E-state index in [4.69, 9.17) is 0 Å². The molecule has 2 amide bonds. The molecule has 0 radical (unpaired) electrons. The number of anilines is 1. The summed E-state index contributed by atoms with van der Waals surface area (Å²) in [5.41, 5.74) is 0.683. The fourth-order valence-electron chi connectivity index (χ4n) is 3.09. The Hall–Kier alpha value is -2.96. The third-order valence-corrected chi connectivity index (χ3v) is 4.40. The van der Waals surface area contributed by atoms with Crippen LogP contribution in [-0.2, 0) is 0 Å². The molecule has 0 aromatic heterocycles. The first-order valence-electron chi connectivity index (χ1n) is 8.80. The van der Waals surface area contributed by atoms with E-state index in [2.05, 4.69) is 10.1 Å². The monoisotopic (exact) mass is 374 g/mol. The molecule has 0 aliphatic carbocycles. The lowest BCUT2D eigenvalue weighted by molar-refractivity contribution is -0.0501. The van der Waals surface area contributed by atoms with Gasteiger partial charge in [-0.05, 0) is 43.5 Å². The molecule has 1 aliphatic rings. The minimum Gasteiger partial charge on any atom is -0.434 e. The molecule has 1 fully saturated rings. The fraction of sp³-hybridized carbons (Fsp3) is 0.300. The minimum absolute atomic E-state index is 0.0296. The van der Waals surface area contributed by atoms with Crippen molar-refractivity contribution in [3.63, 3.8) is 0 Å². The summed E-state index contributed by atoms with van der Waals surface area (Å²) in [5, 5.41) is 2.65. The standard InChI is InChI=1S/C20H20F2N2O3/c21-20(22)27-17-11-5-3-9-15(17)18(25)23-16-10-4-2-8-14(16)19(26)24-12-6-1-7-13-24/h2-5,8-11,20H,1,6-7,12-13H2,(H,23,25). The van der Waals surface area contributed by atoms with E-state index in [1.165, 1.54) is 18.2 Å². The maximum Gasteiger partial charge on any atom is 0.387 e. The van der Waals surface area contributed by atoms with Gasteiger partial charge in [0.15, 0.2) is 0 Å². The topological polar surface area (TPSA) is 58.6 Å². The summed E-state index contributed by atoms with van der Waals surface area (Å²) in [6.45, 7) is -1.66. The van der Waals surface area contributed by atoms with Crippen molar-refractivity contribution in [1.29, 1.82) is 0 Å². The van der Waals surface area contributed by atoms with Gasteiger partial charge in [-0.2, -0.15) is 8.78 Å². The second-order valence-corrected chi connectivity index (χ2v) is 6.23. The number of hydrogen-bond donors (Lipinski definition) is 1. The van der Waals surface area contributed by atoms with Gasteiger partial charge >= 0.3 is 6.61 Å². The van der Waals surface area contributed by atoms with Crippen LogP contribution >= 0.6 is 0 Å². The smallest absolute Gasteiger partial charge is 0.387 e. The van der Waals surface area contributed by atoms with Gasteiger partial charge in [-0.15, -0.1) is 0 Å². The van der Waals surface area contributed by atoms with Crippen molar-refractivity contribution in [3.8, 4) is 5.75 Å². The third-order valence-electron chi connectivity index (χ3n) is 4.40. The molecule has 3 rings (SSSR count). The number of nitrogens with one attached hydrogen (secondary N) is 1. The number of hydrogen-bond acceptors (Lipinski definition) is 3. The van der Waals surface area contributed by atoms with Crippen LogP contribution in [0.4, 0.5) is 14.5 Å². The number of nitrogens with zero attached hydrogens (tertiary/aromatic N) is 1. The van der Waals surface area contributed by atoms with Gasteiger partial charge in [0.05, 0.1) is 16.8 Å². The first-order valence-corrected chi connectivity index (χ1v) is 8.80. The van der Waals surface area contributed by atoms with Crippen molar-refractivity contribution < 1.29 is 23.1 Å². The van der Waals surface area contributed by atoms with Crippen LogP contribution in [0.3, 0.4) is 0 Å². The zero-order valence-electron chi connectivity index (χ0n) is 14.7. The Morgan fingerprint density at radius 2 is 1.56 bits per heavy atom. The maximum absolute atomic E-state index is 12.8. The van der Waals surface area contributed by atoms with E-state index in [1.54, 1.807) is 35.2 Å². The zero-order valence-corrected chi connectivity index (χ0v) is 14.7. The number of amides is 2. The Balaban J connectivity index is 1.82. The number of carbonyl (C=O) groups is 2. The van der Waals surface area contributed by atoms with Crippen molar-refractivity contribution in [2.75, 3.05) is 18.4 Å². The van der Waals surface area contributed by atoms with Crippen molar-refractivity contribution in [3.05, 3.63) is 59.7 Å². The Kier molecular flexibility index (Phi) is 6.01. The summed E-state index contributed by atoms with van der Waals surface area (Å²) in [6.07, 6.45) is 3.01. The van der Waals surface area contributed by atoms with Gasteiger partial charge in [0.1, 0.15) is 5.75 Å². The van der Waals surface area contributed by atoms with Crippen molar-refractivity contribution in [1.82, 2.24) is 4.90 Å². The summed E-state index contributed by atoms with van der Waals surface area (Å²) in [7, 11) is 0. The summed E-state index contributed by atoms with van der Waals surface area (Å²) in [6, 6.07) is 12.4. The van der Waals surface area contributed by atoms with E-state index in [1.807, 2.05) is 0 Å². The van der Waals surface area contributed by atoms with E-state index in [0.717, 1.165) is 19.3 Å². The van der Waals surface area contributed by atoms with Crippen LogP contribution in [0.25, 0.3) is 0 Å². The van der Waals surface area contributed by atoms with E-state index in [9.17, 15) is 18.4 Å². The second kappa shape index (κ2) is 8.62. The zero-order chi connectivity index (χ0) is 19.2. The molecule has 2 aromatic rings.